The second-order valence-corrected chi connectivity index (χ2v) is 6.32. The summed E-state index contributed by atoms with van der Waals surface area (Å²) < 4.78 is 6.99. The van der Waals surface area contributed by atoms with Crippen molar-refractivity contribution in [3.8, 4) is 11.8 Å². The molecule has 0 aliphatic heterocycles. The molecule has 0 aliphatic rings. The van der Waals surface area contributed by atoms with Gasteiger partial charge in [-0.15, -0.1) is 0 Å². The number of benzene rings is 1. The van der Waals surface area contributed by atoms with E-state index in [1.54, 1.807) is 46.0 Å². The number of carbonyl (C=O) groups excluding carboxylic acids is 1. The van der Waals surface area contributed by atoms with Crippen LogP contribution in [0.5, 0.6) is 5.75 Å². The van der Waals surface area contributed by atoms with Gasteiger partial charge in [0.1, 0.15) is 12.4 Å². The van der Waals surface area contributed by atoms with Crippen LogP contribution in [0.25, 0.3) is 0 Å². The second kappa shape index (κ2) is 6.58. The van der Waals surface area contributed by atoms with E-state index >= 15 is 0 Å². The number of hydrogen-bond donors (Lipinski definition) is 2. The van der Waals surface area contributed by atoms with Crippen molar-refractivity contribution in [3.05, 3.63) is 40.1 Å². The first-order valence-corrected chi connectivity index (χ1v) is 7.31. The predicted octanol–water partition coefficient (Wildman–Crippen LogP) is 1.54. The molecule has 0 atom stereocenters. The average molecular weight is 329 g/mol. The van der Waals surface area contributed by atoms with E-state index in [4.69, 9.17) is 10.00 Å². The summed E-state index contributed by atoms with van der Waals surface area (Å²) in [6.45, 7) is 5.41. The molecule has 0 saturated carbocycles. The largest absolute Gasteiger partial charge is 0.483 e. The molecule has 1 aromatic heterocycles. The third-order valence-corrected chi connectivity index (χ3v) is 3.37. The molecular formula is C16H19N5O3. The van der Waals surface area contributed by atoms with E-state index in [0.29, 0.717) is 22.8 Å². The van der Waals surface area contributed by atoms with Gasteiger partial charge in [0.2, 0.25) is 5.91 Å². The van der Waals surface area contributed by atoms with Crippen molar-refractivity contribution in [2.45, 2.75) is 27.4 Å². The van der Waals surface area contributed by atoms with Crippen LogP contribution >= 0.6 is 0 Å². The van der Waals surface area contributed by atoms with E-state index in [1.807, 2.05) is 6.07 Å². The van der Waals surface area contributed by atoms with Gasteiger partial charge in [-0.2, -0.15) is 10.4 Å². The van der Waals surface area contributed by atoms with Gasteiger partial charge in [0.25, 0.3) is 0 Å². The number of nitriles is 1. The van der Waals surface area contributed by atoms with Crippen molar-refractivity contribution < 1.29 is 9.53 Å². The van der Waals surface area contributed by atoms with Gasteiger partial charge < -0.3 is 10.1 Å². The van der Waals surface area contributed by atoms with Crippen LogP contribution in [0.15, 0.2) is 23.0 Å². The van der Waals surface area contributed by atoms with Gasteiger partial charge in [-0.3, -0.25) is 9.36 Å². The van der Waals surface area contributed by atoms with E-state index in [0.717, 1.165) is 0 Å². The van der Waals surface area contributed by atoms with Gasteiger partial charge in [-0.1, -0.05) is 20.8 Å². The van der Waals surface area contributed by atoms with Crippen molar-refractivity contribution in [2.75, 3.05) is 5.32 Å². The van der Waals surface area contributed by atoms with Crippen LogP contribution in [-0.4, -0.2) is 20.7 Å². The topological polar surface area (TPSA) is 113 Å². The Morgan fingerprint density at radius 3 is 2.71 bits per heavy atom. The third kappa shape index (κ3) is 3.81. The Kier molecular flexibility index (Phi) is 4.74. The van der Waals surface area contributed by atoms with Crippen LogP contribution < -0.4 is 15.7 Å². The Morgan fingerprint density at radius 2 is 2.17 bits per heavy atom. The maximum absolute atomic E-state index is 12.2. The number of aromatic amines is 1. The minimum Gasteiger partial charge on any atom is -0.483 e. The fourth-order valence-electron chi connectivity index (χ4n) is 1.78. The summed E-state index contributed by atoms with van der Waals surface area (Å²) >= 11 is 0. The van der Waals surface area contributed by atoms with Gasteiger partial charge in [0, 0.05) is 12.5 Å². The van der Waals surface area contributed by atoms with Crippen molar-refractivity contribution in [1.29, 1.82) is 5.26 Å². The molecule has 8 heteroatoms. The highest BCUT2D eigenvalue weighted by Gasteiger charge is 2.22. The number of carbonyl (C=O) groups is 1. The molecule has 0 spiro atoms. The third-order valence-electron chi connectivity index (χ3n) is 3.37. The van der Waals surface area contributed by atoms with Gasteiger partial charge in [-0.25, -0.2) is 9.89 Å². The van der Waals surface area contributed by atoms with E-state index in [1.165, 1.54) is 4.57 Å². The summed E-state index contributed by atoms with van der Waals surface area (Å²) in [5, 5.41) is 18.0. The van der Waals surface area contributed by atoms with Crippen LogP contribution in [0.4, 0.5) is 5.69 Å². The molecule has 2 N–H and O–H groups in total. The molecule has 8 nitrogen and oxygen atoms in total. The number of aromatic nitrogens is 3. The summed E-state index contributed by atoms with van der Waals surface area (Å²) in [7, 11) is 1.57. The number of H-pyrrole nitrogens is 1. The van der Waals surface area contributed by atoms with Crippen LogP contribution in [0.2, 0.25) is 0 Å². The normalized spacial score (nSPS) is 11.0. The summed E-state index contributed by atoms with van der Waals surface area (Å²) in [6, 6.07) is 6.76. The number of nitrogens with zero attached hydrogens (tertiary/aromatic N) is 3. The van der Waals surface area contributed by atoms with E-state index < -0.39 is 5.41 Å². The standard InChI is InChI=1S/C16H19N5O3/c1-16(2,3)14(22)18-11-7-10(8-17)5-6-12(11)24-9-13-19-20-15(23)21(13)4/h5-7H,9H2,1-4H3,(H,18,22)(H,20,23). The van der Waals surface area contributed by atoms with Gasteiger partial charge in [0.05, 0.1) is 17.3 Å². The first kappa shape index (κ1) is 17.3. The van der Waals surface area contributed by atoms with Crippen molar-refractivity contribution in [3.63, 3.8) is 0 Å². The quantitative estimate of drug-likeness (QED) is 0.883. The van der Waals surface area contributed by atoms with Crippen molar-refractivity contribution in [2.24, 2.45) is 12.5 Å². The molecule has 1 aromatic carbocycles. The average Bonchev–Trinajstić information content (AvgIpc) is 2.84. The highest BCUT2D eigenvalue weighted by Crippen LogP contribution is 2.28. The Bertz CT molecular complexity index is 852. The highest BCUT2D eigenvalue weighted by molar-refractivity contribution is 5.96. The van der Waals surface area contributed by atoms with E-state index in [2.05, 4.69) is 15.5 Å². The minimum atomic E-state index is -0.591. The summed E-state index contributed by atoms with van der Waals surface area (Å²) in [5.74, 6) is 0.606. The molecular weight excluding hydrogens is 310 g/mol. The van der Waals surface area contributed by atoms with Gasteiger partial charge in [0.15, 0.2) is 5.82 Å². The zero-order valence-electron chi connectivity index (χ0n) is 14.0. The smallest absolute Gasteiger partial charge is 0.343 e. The Morgan fingerprint density at radius 1 is 1.46 bits per heavy atom. The van der Waals surface area contributed by atoms with Crippen LogP contribution in [0.3, 0.4) is 0 Å². The fraction of sp³-hybridized carbons (Fsp3) is 0.375. The second-order valence-electron chi connectivity index (χ2n) is 6.32. The molecule has 0 bridgehead atoms. The van der Waals surface area contributed by atoms with E-state index in [-0.39, 0.29) is 18.2 Å². The summed E-state index contributed by atoms with van der Waals surface area (Å²) in [5.41, 5.74) is -0.130. The zero-order chi connectivity index (χ0) is 17.9. The number of amides is 1. The fourth-order valence-corrected chi connectivity index (χ4v) is 1.78. The van der Waals surface area contributed by atoms with Crippen LogP contribution in [0.1, 0.15) is 32.2 Å². The molecule has 2 aromatic rings. The first-order valence-electron chi connectivity index (χ1n) is 7.31. The minimum absolute atomic E-state index is 0.0412. The van der Waals surface area contributed by atoms with Crippen molar-refractivity contribution >= 4 is 11.6 Å². The molecule has 2 rings (SSSR count). The lowest BCUT2D eigenvalue weighted by Gasteiger charge is -2.19. The molecule has 0 unspecified atom stereocenters. The molecule has 1 heterocycles. The monoisotopic (exact) mass is 329 g/mol. The Hall–Kier alpha value is -3.08. The SMILES string of the molecule is Cn1c(COc2ccc(C#N)cc2NC(=O)C(C)(C)C)n[nH]c1=O. The molecule has 0 aliphatic carbocycles. The zero-order valence-corrected chi connectivity index (χ0v) is 14.0. The Labute approximate surface area is 139 Å². The van der Waals surface area contributed by atoms with Gasteiger partial charge >= 0.3 is 5.69 Å². The number of hydrogen-bond acceptors (Lipinski definition) is 5. The maximum atomic E-state index is 12.2. The molecule has 24 heavy (non-hydrogen) atoms. The molecule has 1 amide bonds. The first-order chi connectivity index (χ1) is 11.2. The summed E-state index contributed by atoms with van der Waals surface area (Å²) in [6.07, 6.45) is 0. The lowest BCUT2D eigenvalue weighted by atomic mass is 9.95. The molecule has 0 saturated heterocycles. The van der Waals surface area contributed by atoms with Crippen molar-refractivity contribution in [1.82, 2.24) is 14.8 Å². The number of nitrogens with one attached hydrogen (secondary N) is 2. The number of rotatable bonds is 4. The van der Waals surface area contributed by atoms with Crippen LogP contribution in [-0.2, 0) is 18.4 Å². The molecule has 126 valence electrons. The van der Waals surface area contributed by atoms with Gasteiger partial charge in [-0.05, 0) is 18.2 Å². The lowest BCUT2D eigenvalue weighted by Crippen LogP contribution is -2.27. The highest BCUT2D eigenvalue weighted by atomic mass is 16.5. The molecule has 0 fully saturated rings. The van der Waals surface area contributed by atoms with E-state index in [9.17, 15) is 9.59 Å². The molecule has 0 radical (unpaired) electrons. The number of ether oxygens (including phenoxy) is 1. The number of anilines is 1. The maximum Gasteiger partial charge on any atom is 0.343 e. The predicted molar refractivity (Wildman–Crippen MR) is 87.4 cm³/mol. The lowest BCUT2D eigenvalue weighted by molar-refractivity contribution is -0.123. The van der Waals surface area contributed by atoms with Crippen LogP contribution in [0, 0.1) is 16.7 Å². The Balaban J connectivity index is 2.25. The summed E-state index contributed by atoms with van der Waals surface area (Å²) in [4.78, 5) is 23.6.